The average molecular weight is 302 g/mol. The van der Waals surface area contributed by atoms with E-state index in [1.165, 1.54) is 11.8 Å². The van der Waals surface area contributed by atoms with Gasteiger partial charge in [0, 0.05) is 4.90 Å². The molecule has 0 saturated carbocycles. The second-order valence-corrected chi connectivity index (χ2v) is 5.64. The predicted molar refractivity (Wildman–Crippen MR) is 85.8 cm³/mol. The van der Waals surface area contributed by atoms with Crippen molar-refractivity contribution in [2.75, 3.05) is 20.0 Å². The highest BCUT2D eigenvalue weighted by Gasteiger charge is 2.13. The number of Topliss-reactive ketones (excluding diaryl/α,β-unsaturated/α-hetero) is 1. The van der Waals surface area contributed by atoms with E-state index in [1.54, 1.807) is 14.2 Å². The van der Waals surface area contributed by atoms with Crippen LogP contribution in [0.25, 0.3) is 0 Å². The molecule has 0 radical (unpaired) electrons. The summed E-state index contributed by atoms with van der Waals surface area (Å²) in [5, 5.41) is 0. The van der Waals surface area contributed by atoms with Crippen molar-refractivity contribution in [3.63, 3.8) is 0 Å². The molecule has 0 fully saturated rings. The topological polar surface area (TPSA) is 35.5 Å². The smallest absolute Gasteiger partial charge is 0.176 e. The number of ketones is 1. The highest BCUT2D eigenvalue weighted by atomic mass is 32.2. The van der Waals surface area contributed by atoms with Gasteiger partial charge in [-0.15, -0.1) is 11.8 Å². The molecule has 0 aliphatic heterocycles. The number of thioether (sulfide) groups is 1. The molecule has 3 nitrogen and oxygen atoms in total. The zero-order valence-electron chi connectivity index (χ0n) is 12.4. The van der Waals surface area contributed by atoms with Crippen LogP contribution in [-0.4, -0.2) is 25.8 Å². The highest BCUT2D eigenvalue weighted by molar-refractivity contribution is 8.00. The summed E-state index contributed by atoms with van der Waals surface area (Å²) in [4.78, 5) is 13.4. The monoisotopic (exact) mass is 302 g/mol. The predicted octanol–water partition coefficient (Wildman–Crippen LogP) is 3.99. The molecule has 2 rings (SSSR count). The fourth-order valence-corrected chi connectivity index (χ4v) is 2.78. The second kappa shape index (κ2) is 7.18. The van der Waals surface area contributed by atoms with E-state index in [0.717, 1.165) is 16.2 Å². The Morgan fingerprint density at radius 1 is 1.10 bits per heavy atom. The van der Waals surface area contributed by atoms with Gasteiger partial charge in [0.15, 0.2) is 5.78 Å². The lowest BCUT2D eigenvalue weighted by Crippen LogP contribution is -2.05. The number of hydrogen-bond acceptors (Lipinski definition) is 4. The molecule has 0 aromatic heterocycles. The first-order chi connectivity index (χ1) is 10.1. The number of carbonyl (C=O) groups is 1. The fraction of sp³-hybridized carbons (Fsp3) is 0.235. The Morgan fingerprint density at radius 3 is 2.62 bits per heavy atom. The van der Waals surface area contributed by atoms with Crippen LogP contribution in [0.5, 0.6) is 11.5 Å². The molecule has 0 spiro atoms. The summed E-state index contributed by atoms with van der Waals surface area (Å²) in [5.41, 5.74) is 1.68. The van der Waals surface area contributed by atoms with Crippen molar-refractivity contribution in [2.24, 2.45) is 0 Å². The molecule has 0 heterocycles. The first-order valence-corrected chi connectivity index (χ1v) is 7.57. The maximum Gasteiger partial charge on any atom is 0.176 e. The average Bonchev–Trinajstić information content (AvgIpc) is 2.52. The van der Waals surface area contributed by atoms with Crippen LogP contribution in [0, 0.1) is 6.92 Å². The number of benzene rings is 2. The second-order valence-electron chi connectivity index (χ2n) is 4.59. The molecule has 0 atom stereocenters. The third-order valence-corrected chi connectivity index (χ3v) is 4.06. The van der Waals surface area contributed by atoms with Crippen LogP contribution in [-0.2, 0) is 0 Å². The van der Waals surface area contributed by atoms with Gasteiger partial charge >= 0.3 is 0 Å². The van der Waals surface area contributed by atoms with E-state index in [1.807, 2.05) is 49.4 Å². The van der Waals surface area contributed by atoms with Crippen molar-refractivity contribution in [2.45, 2.75) is 11.8 Å². The number of ether oxygens (including phenoxy) is 2. The minimum absolute atomic E-state index is 0.0587. The minimum Gasteiger partial charge on any atom is -0.497 e. The summed E-state index contributed by atoms with van der Waals surface area (Å²) in [6, 6.07) is 13.3. The van der Waals surface area contributed by atoms with Gasteiger partial charge in [-0.25, -0.2) is 0 Å². The van der Waals surface area contributed by atoms with Crippen molar-refractivity contribution < 1.29 is 14.3 Å². The molecule has 0 unspecified atom stereocenters. The summed E-state index contributed by atoms with van der Waals surface area (Å²) in [5.74, 6) is 1.84. The van der Waals surface area contributed by atoms with E-state index in [-0.39, 0.29) is 5.78 Å². The Hall–Kier alpha value is -1.94. The molecule has 2 aromatic rings. The zero-order chi connectivity index (χ0) is 15.2. The van der Waals surface area contributed by atoms with Crippen LogP contribution in [0.15, 0.2) is 47.4 Å². The Balaban J connectivity index is 2.09. The molecule has 2 aromatic carbocycles. The van der Waals surface area contributed by atoms with E-state index >= 15 is 0 Å². The Morgan fingerprint density at radius 2 is 1.90 bits per heavy atom. The van der Waals surface area contributed by atoms with Crippen LogP contribution in [0.3, 0.4) is 0 Å². The van der Waals surface area contributed by atoms with E-state index in [4.69, 9.17) is 9.47 Å². The maximum absolute atomic E-state index is 12.4. The third-order valence-electron chi connectivity index (χ3n) is 3.07. The van der Waals surface area contributed by atoms with Crippen molar-refractivity contribution in [3.05, 3.63) is 53.6 Å². The number of methoxy groups -OCH3 is 2. The lowest BCUT2D eigenvalue weighted by molar-refractivity contribution is 0.101. The van der Waals surface area contributed by atoms with Gasteiger partial charge in [0.2, 0.25) is 0 Å². The van der Waals surface area contributed by atoms with Crippen molar-refractivity contribution in [1.29, 1.82) is 0 Å². The van der Waals surface area contributed by atoms with Crippen molar-refractivity contribution >= 4 is 17.5 Å². The normalized spacial score (nSPS) is 10.2. The molecule has 4 heteroatoms. The fourth-order valence-electron chi connectivity index (χ4n) is 1.96. The van der Waals surface area contributed by atoms with Crippen LogP contribution >= 0.6 is 11.8 Å². The van der Waals surface area contributed by atoms with Gasteiger partial charge in [-0.05, 0) is 37.3 Å². The molecule has 0 amide bonds. The van der Waals surface area contributed by atoms with Gasteiger partial charge in [0.05, 0.1) is 25.5 Å². The highest BCUT2D eigenvalue weighted by Crippen LogP contribution is 2.26. The summed E-state index contributed by atoms with van der Waals surface area (Å²) < 4.78 is 10.4. The van der Waals surface area contributed by atoms with Gasteiger partial charge in [-0.1, -0.05) is 17.7 Å². The van der Waals surface area contributed by atoms with Gasteiger partial charge in [-0.2, -0.15) is 0 Å². The van der Waals surface area contributed by atoms with Crippen molar-refractivity contribution in [3.8, 4) is 11.5 Å². The molecule has 21 heavy (non-hydrogen) atoms. The summed E-state index contributed by atoms with van der Waals surface area (Å²) in [7, 11) is 3.21. The first kappa shape index (κ1) is 15.4. The van der Waals surface area contributed by atoms with Gasteiger partial charge in [0.1, 0.15) is 11.5 Å². The molecule has 0 N–H and O–H groups in total. The number of carbonyl (C=O) groups excluding carboxylic acids is 1. The van der Waals surface area contributed by atoms with Gasteiger partial charge < -0.3 is 9.47 Å². The quantitative estimate of drug-likeness (QED) is 0.597. The Labute approximate surface area is 129 Å². The lowest BCUT2D eigenvalue weighted by Gasteiger charge is -2.09. The molecule has 0 aliphatic carbocycles. The number of aryl methyl sites for hydroxylation is 1. The zero-order valence-corrected chi connectivity index (χ0v) is 13.2. The molecule has 0 saturated heterocycles. The van der Waals surface area contributed by atoms with Crippen molar-refractivity contribution in [1.82, 2.24) is 0 Å². The largest absolute Gasteiger partial charge is 0.497 e. The standard InChI is InChI=1S/C17H18O3S/c1-12-7-8-17(20-3)15(9-12)16(18)11-21-14-6-4-5-13(10-14)19-2/h4-10H,11H2,1-3H3. The molecular weight excluding hydrogens is 284 g/mol. The van der Waals surface area contributed by atoms with E-state index in [0.29, 0.717) is 17.1 Å². The summed E-state index contributed by atoms with van der Waals surface area (Å²) in [6.07, 6.45) is 0. The third kappa shape index (κ3) is 4.02. The summed E-state index contributed by atoms with van der Waals surface area (Å²) in [6.45, 7) is 1.96. The minimum atomic E-state index is 0.0587. The van der Waals surface area contributed by atoms with Crippen LogP contribution < -0.4 is 9.47 Å². The summed E-state index contributed by atoms with van der Waals surface area (Å²) >= 11 is 1.49. The number of rotatable bonds is 6. The first-order valence-electron chi connectivity index (χ1n) is 6.58. The van der Waals surface area contributed by atoms with Crippen LogP contribution in [0.4, 0.5) is 0 Å². The van der Waals surface area contributed by atoms with E-state index < -0.39 is 0 Å². The SMILES string of the molecule is COc1cccc(SCC(=O)c2cc(C)ccc2OC)c1. The van der Waals surface area contributed by atoms with Crippen LogP contribution in [0.2, 0.25) is 0 Å². The molecule has 0 aliphatic rings. The van der Waals surface area contributed by atoms with E-state index in [2.05, 4.69) is 0 Å². The Kier molecular flexibility index (Phi) is 5.28. The molecular formula is C17H18O3S. The maximum atomic E-state index is 12.4. The molecule has 110 valence electrons. The van der Waals surface area contributed by atoms with Gasteiger partial charge in [0.25, 0.3) is 0 Å². The number of hydrogen-bond donors (Lipinski definition) is 0. The lowest BCUT2D eigenvalue weighted by atomic mass is 10.1. The Bertz CT molecular complexity index is 638. The molecule has 0 bridgehead atoms. The van der Waals surface area contributed by atoms with Gasteiger partial charge in [-0.3, -0.25) is 4.79 Å². The van der Waals surface area contributed by atoms with E-state index in [9.17, 15) is 4.79 Å². The van der Waals surface area contributed by atoms with Crippen LogP contribution in [0.1, 0.15) is 15.9 Å².